The summed E-state index contributed by atoms with van der Waals surface area (Å²) in [5, 5.41) is 4.39. The number of aromatic nitrogens is 2. The Balaban J connectivity index is 1.37. The number of fused-ring (bicyclic) bond motifs is 1. The molecule has 0 radical (unpaired) electrons. The van der Waals surface area contributed by atoms with E-state index in [-0.39, 0.29) is 39.6 Å². The first-order valence-electron chi connectivity index (χ1n) is 13.4. The number of carbonyl (C=O) groups is 2. The maximum Gasteiger partial charge on any atom is 0.416 e. The van der Waals surface area contributed by atoms with E-state index in [1.807, 2.05) is 6.92 Å². The highest BCUT2D eigenvalue weighted by atomic mass is 32.2. The van der Waals surface area contributed by atoms with E-state index >= 15 is 0 Å². The van der Waals surface area contributed by atoms with Gasteiger partial charge >= 0.3 is 12.4 Å². The van der Waals surface area contributed by atoms with Gasteiger partial charge in [0.25, 0.3) is 11.1 Å². The van der Waals surface area contributed by atoms with E-state index in [9.17, 15) is 35.9 Å². The van der Waals surface area contributed by atoms with Gasteiger partial charge in [-0.05, 0) is 79.4 Å². The maximum atomic E-state index is 13.6. The van der Waals surface area contributed by atoms with Crippen LogP contribution >= 0.6 is 11.8 Å². The second-order valence-electron chi connectivity index (χ2n) is 11.0. The Morgan fingerprint density at radius 2 is 1.79 bits per heavy atom. The number of hydrogen-bond acceptors (Lipinski definition) is 5. The van der Waals surface area contributed by atoms with Crippen molar-refractivity contribution >= 4 is 39.9 Å². The molecule has 2 amide bonds. The van der Waals surface area contributed by atoms with Crippen molar-refractivity contribution in [2.45, 2.75) is 58.2 Å². The van der Waals surface area contributed by atoms with E-state index in [0.717, 1.165) is 30.9 Å². The fourth-order valence-electron chi connectivity index (χ4n) is 5.57. The molecule has 42 heavy (non-hydrogen) atoms. The monoisotopic (exact) mass is 610 g/mol. The zero-order chi connectivity index (χ0) is 30.6. The minimum absolute atomic E-state index is 0.112. The molecule has 0 bridgehead atoms. The number of nitrogens with zero attached hydrogens (tertiary/aromatic N) is 4. The first-order chi connectivity index (χ1) is 19.6. The van der Waals surface area contributed by atoms with E-state index < -0.39 is 30.0 Å². The Morgan fingerprint density at radius 3 is 2.43 bits per heavy atom. The van der Waals surface area contributed by atoms with Crippen LogP contribution in [0.25, 0.3) is 17.0 Å². The number of benzene rings is 2. The van der Waals surface area contributed by atoms with Crippen molar-refractivity contribution in [3.8, 4) is 0 Å². The smallest absolute Gasteiger partial charge is 0.301 e. The van der Waals surface area contributed by atoms with Gasteiger partial charge < -0.3 is 4.90 Å². The molecule has 1 aromatic heterocycles. The molecule has 2 fully saturated rings. The lowest BCUT2D eigenvalue weighted by atomic mass is 9.91. The number of amides is 2. The molecule has 0 aliphatic carbocycles. The lowest BCUT2D eigenvalue weighted by Crippen LogP contribution is -2.52. The second kappa shape index (κ2) is 11.1. The lowest BCUT2D eigenvalue weighted by Gasteiger charge is -2.41. The molecule has 2 atom stereocenters. The highest BCUT2D eigenvalue weighted by molar-refractivity contribution is 8.18. The van der Waals surface area contributed by atoms with Crippen LogP contribution in [0.2, 0.25) is 0 Å². The molecule has 0 saturated carbocycles. The van der Waals surface area contributed by atoms with Crippen LogP contribution in [0.4, 0.5) is 31.1 Å². The first-order valence-corrected chi connectivity index (χ1v) is 14.2. The van der Waals surface area contributed by atoms with Crippen LogP contribution in [0.15, 0.2) is 47.5 Å². The Morgan fingerprint density at radius 1 is 1.05 bits per heavy atom. The number of imide groups is 1. The zero-order valence-corrected chi connectivity index (χ0v) is 23.8. The van der Waals surface area contributed by atoms with Crippen molar-refractivity contribution in [3.05, 3.63) is 69.8 Å². The van der Waals surface area contributed by atoms with Gasteiger partial charge in [0.1, 0.15) is 0 Å². The van der Waals surface area contributed by atoms with Gasteiger partial charge in [0.05, 0.1) is 34.3 Å². The standard InChI is InChI=1S/C29H28F6N4O2S/c1-16(2)37-9-8-23(17(3)14-37)39-26(40)25(42-27(39)41)11-18-4-7-24-20(10-18)13-36-38(24)15-19-5-6-21(28(30,31)32)12-22(19)29(33,34)35/h4-7,10-13,16-17,23H,8-9,14-15H2,1-3H3/b25-11-/t17-,23-/m1/s1. The third kappa shape index (κ3) is 5.94. The van der Waals surface area contributed by atoms with Gasteiger partial charge in [-0.3, -0.25) is 19.2 Å². The van der Waals surface area contributed by atoms with Gasteiger partial charge in [0.15, 0.2) is 0 Å². The van der Waals surface area contributed by atoms with E-state index in [1.54, 1.807) is 24.3 Å². The van der Waals surface area contributed by atoms with Crippen molar-refractivity contribution in [2.75, 3.05) is 13.1 Å². The van der Waals surface area contributed by atoms with Gasteiger partial charge in [0.2, 0.25) is 0 Å². The molecule has 13 heteroatoms. The number of halogens is 6. The third-order valence-electron chi connectivity index (χ3n) is 7.80. The number of likely N-dealkylation sites (tertiary alicyclic amines) is 1. The van der Waals surface area contributed by atoms with Gasteiger partial charge in [-0.15, -0.1) is 0 Å². The molecular weight excluding hydrogens is 582 g/mol. The summed E-state index contributed by atoms with van der Waals surface area (Å²) in [4.78, 5) is 30.1. The summed E-state index contributed by atoms with van der Waals surface area (Å²) in [5.74, 6) is -0.226. The maximum absolute atomic E-state index is 13.6. The molecule has 3 aromatic rings. The summed E-state index contributed by atoms with van der Waals surface area (Å²) < 4.78 is 81.3. The summed E-state index contributed by atoms with van der Waals surface area (Å²) in [6.45, 7) is 7.46. The van der Waals surface area contributed by atoms with Crippen LogP contribution in [0.5, 0.6) is 0 Å². The van der Waals surface area contributed by atoms with Gasteiger partial charge in [-0.2, -0.15) is 31.4 Å². The highest BCUT2D eigenvalue weighted by Crippen LogP contribution is 2.39. The number of alkyl halides is 6. The second-order valence-corrected chi connectivity index (χ2v) is 12.0. The first kappa shape index (κ1) is 30.1. The van der Waals surface area contributed by atoms with Crippen LogP contribution < -0.4 is 0 Å². The zero-order valence-electron chi connectivity index (χ0n) is 23.0. The molecule has 5 rings (SSSR count). The lowest BCUT2D eigenvalue weighted by molar-refractivity contribution is -0.143. The van der Waals surface area contributed by atoms with E-state index in [4.69, 9.17) is 0 Å². The Hall–Kier alpha value is -3.32. The Kier molecular flexibility index (Phi) is 7.94. The average Bonchev–Trinajstić information content (AvgIpc) is 3.42. The normalized spacial score (nSPS) is 21.9. The molecule has 2 aliphatic heterocycles. The summed E-state index contributed by atoms with van der Waals surface area (Å²) in [7, 11) is 0. The predicted molar refractivity (Wildman–Crippen MR) is 147 cm³/mol. The molecule has 0 unspecified atom stereocenters. The summed E-state index contributed by atoms with van der Waals surface area (Å²) >= 11 is 0.876. The van der Waals surface area contributed by atoms with Crippen LogP contribution in [-0.4, -0.2) is 55.9 Å². The Bertz CT molecular complexity index is 1560. The molecule has 6 nitrogen and oxygen atoms in total. The summed E-state index contributed by atoms with van der Waals surface area (Å²) in [6, 6.07) is 6.69. The molecule has 2 aromatic carbocycles. The van der Waals surface area contributed by atoms with Gasteiger partial charge in [0, 0.05) is 30.6 Å². The van der Waals surface area contributed by atoms with Crippen LogP contribution in [-0.2, 0) is 23.7 Å². The minimum Gasteiger partial charge on any atom is -0.301 e. The van der Waals surface area contributed by atoms with Gasteiger partial charge in [-0.25, -0.2) is 0 Å². The van der Waals surface area contributed by atoms with Gasteiger partial charge in [-0.1, -0.05) is 19.1 Å². The number of rotatable bonds is 5. The summed E-state index contributed by atoms with van der Waals surface area (Å²) in [5.41, 5.74) is -2.06. The fourth-order valence-corrected chi connectivity index (χ4v) is 6.46. The largest absolute Gasteiger partial charge is 0.416 e. The van der Waals surface area contributed by atoms with Crippen LogP contribution in [0.3, 0.4) is 0 Å². The summed E-state index contributed by atoms with van der Waals surface area (Å²) in [6.07, 6.45) is -6.16. The molecule has 0 N–H and O–H groups in total. The third-order valence-corrected chi connectivity index (χ3v) is 8.69. The van der Waals surface area contributed by atoms with Crippen molar-refractivity contribution < 1.29 is 35.9 Å². The van der Waals surface area contributed by atoms with Crippen LogP contribution in [0.1, 0.15) is 49.4 Å². The molecule has 2 saturated heterocycles. The predicted octanol–water partition coefficient (Wildman–Crippen LogP) is 7.28. The number of thioether (sulfide) groups is 1. The molecule has 2 aliphatic rings. The topological polar surface area (TPSA) is 58.4 Å². The van der Waals surface area contributed by atoms with Crippen LogP contribution in [0, 0.1) is 5.92 Å². The number of hydrogen-bond donors (Lipinski definition) is 0. The van der Waals surface area contributed by atoms with E-state index in [0.29, 0.717) is 35.0 Å². The SMILES string of the molecule is CC(C)N1CC[C@@H](N2C(=O)S/C(=C\c3ccc4c(cnn4Cc4ccc(C(F)(F)F)cc4C(F)(F)F)c3)C2=O)[C@H](C)C1. The Labute approximate surface area is 242 Å². The fraction of sp³-hybridized carbons (Fsp3) is 0.414. The number of carbonyl (C=O) groups excluding carboxylic acids is 2. The molecule has 0 spiro atoms. The van der Waals surface area contributed by atoms with Crippen molar-refractivity contribution in [1.82, 2.24) is 19.6 Å². The van der Waals surface area contributed by atoms with Crippen molar-refractivity contribution in [1.29, 1.82) is 0 Å². The average molecular weight is 611 g/mol. The van der Waals surface area contributed by atoms with Crippen molar-refractivity contribution in [2.24, 2.45) is 5.92 Å². The quantitative estimate of drug-likeness (QED) is 0.225. The van der Waals surface area contributed by atoms with E-state index in [1.165, 1.54) is 15.8 Å². The highest BCUT2D eigenvalue weighted by Gasteiger charge is 2.43. The van der Waals surface area contributed by atoms with Crippen molar-refractivity contribution in [3.63, 3.8) is 0 Å². The number of piperidine rings is 1. The minimum atomic E-state index is -4.99. The molecule has 3 heterocycles. The molecule has 224 valence electrons. The molecular formula is C29H28F6N4O2S. The van der Waals surface area contributed by atoms with E-state index in [2.05, 4.69) is 23.8 Å².